The van der Waals surface area contributed by atoms with Gasteiger partial charge in [0.15, 0.2) is 0 Å². The van der Waals surface area contributed by atoms with Crippen LogP contribution in [-0.4, -0.2) is 58.8 Å². The minimum absolute atomic E-state index is 0.0881. The van der Waals surface area contributed by atoms with Crippen LogP contribution in [-0.2, 0) is 9.53 Å². The Morgan fingerprint density at radius 2 is 2.21 bits per heavy atom. The predicted octanol–water partition coefficient (Wildman–Crippen LogP) is 2.23. The Labute approximate surface area is 119 Å². The van der Waals surface area contributed by atoms with Crippen LogP contribution in [0, 0.1) is 0 Å². The molecule has 0 aromatic rings. The van der Waals surface area contributed by atoms with Gasteiger partial charge in [-0.15, -0.1) is 0 Å². The number of hydrogen-bond acceptors (Lipinski definition) is 4. The molecule has 0 saturated carbocycles. The lowest BCUT2D eigenvalue weighted by Gasteiger charge is -2.46. The van der Waals surface area contributed by atoms with Gasteiger partial charge in [-0.25, -0.2) is 0 Å². The SMILES string of the molecule is CCN(CCC(=O)O)C1CCOC2(CCSCC2)C1. The van der Waals surface area contributed by atoms with Gasteiger partial charge in [-0.1, -0.05) is 6.92 Å². The van der Waals surface area contributed by atoms with Crippen molar-refractivity contribution in [1.29, 1.82) is 0 Å². The fourth-order valence-electron chi connectivity index (χ4n) is 3.24. The molecule has 1 spiro atoms. The Morgan fingerprint density at radius 3 is 2.84 bits per heavy atom. The number of hydrogen-bond donors (Lipinski definition) is 1. The lowest BCUT2D eigenvalue weighted by atomic mass is 9.85. The molecule has 0 amide bonds. The standard InChI is InChI=1S/C14H25NO3S/c1-2-15(7-3-13(16)17)12-4-8-18-14(11-12)5-9-19-10-6-14/h12H,2-11H2,1H3,(H,16,17). The molecule has 0 aromatic heterocycles. The average Bonchev–Trinajstić information content (AvgIpc) is 2.40. The van der Waals surface area contributed by atoms with Crippen molar-refractivity contribution in [2.24, 2.45) is 0 Å². The average molecular weight is 287 g/mol. The summed E-state index contributed by atoms with van der Waals surface area (Å²) >= 11 is 2.02. The van der Waals surface area contributed by atoms with E-state index in [9.17, 15) is 4.79 Å². The number of carboxylic acids is 1. The van der Waals surface area contributed by atoms with Crippen LogP contribution in [0.25, 0.3) is 0 Å². The Kier molecular flexibility index (Phi) is 5.54. The molecule has 2 heterocycles. The summed E-state index contributed by atoms with van der Waals surface area (Å²) in [5, 5.41) is 8.84. The summed E-state index contributed by atoms with van der Waals surface area (Å²) in [7, 11) is 0. The number of ether oxygens (including phenoxy) is 1. The normalized spacial score (nSPS) is 26.7. The van der Waals surface area contributed by atoms with Crippen molar-refractivity contribution in [1.82, 2.24) is 4.90 Å². The van der Waals surface area contributed by atoms with Crippen molar-refractivity contribution in [3.05, 3.63) is 0 Å². The van der Waals surface area contributed by atoms with Crippen molar-refractivity contribution in [3.63, 3.8) is 0 Å². The summed E-state index contributed by atoms with van der Waals surface area (Å²) in [4.78, 5) is 13.1. The van der Waals surface area contributed by atoms with E-state index in [1.54, 1.807) is 0 Å². The maximum absolute atomic E-state index is 10.7. The maximum Gasteiger partial charge on any atom is 0.304 e. The zero-order chi connectivity index (χ0) is 13.7. The molecule has 0 aromatic carbocycles. The van der Waals surface area contributed by atoms with Crippen LogP contribution in [0.5, 0.6) is 0 Å². The first-order valence-corrected chi connectivity index (χ1v) is 8.48. The lowest BCUT2D eigenvalue weighted by molar-refractivity contribution is -0.138. The van der Waals surface area contributed by atoms with Gasteiger partial charge < -0.3 is 9.84 Å². The smallest absolute Gasteiger partial charge is 0.304 e. The number of carbonyl (C=O) groups is 1. The van der Waals surface area contributed by atoms with E-state index >= 15 is 0 Å². The third-order valence-corrected chi connectivity index (χ3v) is 5.39. The van der Waals surface area contributed by atoms with Gasteiger partial charge in [-0.3, -0.25) is 9.69 Å². The molecule has 2 aliphatic heterocycles. The number of aliphatic carboxylic acids is 1. The molecule has 2 fully saturated rings. The Balaban J connectivity index is 1.92. The fraction of sp³-hybridized carbons (Fsp3) is 0.929. The molecule has 2 saturated heterocycles. The van der Waals surface area contributed by atoms with E-state index in [1.807, 2.05) is 11.8 Å². The molecule has 110 valence electrons. The van der Waals surface area contributed by atoms with Crippen molar-refractivity contribution < 1.29 is 14.6 Å². The number of rotatable bonds is 5. The van der Waals surface area contributed by atoms with Gasteiger partial charge in [0.2, 0.25) is 0 Å². The monoisotopic (exact) mass is 287 g/mol. The van der Waals surface area contributed by atoms with Gasteiger partial charge in [-0.05, 0) is 43.7 Å². The van der Waals surface area contributed by atoms with E-state index in [1.165, 1.54) is 11.5 Å². The molecule has 0 aliphatic carbocycles. The third-order valence-electron chi connectivity index (χ3n) is 4.41. The molecule has 1 N–H and O–H groups in total. The Bertz CT molecular complexity index is 300. The summed E-state index contributed by atoms with van der Waals surface area (Å²) in [6, 6.07) is 0.501. The van der Waals surface area contributed by atoms with Crippen LogP contribution >= 0.6 is 11.8 Å². The molecule has 19 heavy (non-hydrogen) atoms. The molecule has 2 rings (SSSR count). The largest absolute Gasteiger partial charge is 0.481 e. The van der Waals surface area contributed by atoms with Gasteiger partial charge in [-0.2, -0.15) is 11.8 Å². The molecule has 2 aliphatic rings. The predicted molar refractivity (Wildman–Crippen MR) is 77.8 cm³/mol. The van der Waals surface area contributed by atoms with Crippen LogP contribution in [0.2, 0.25) is 0 Å². The van der Waals surface area contributed by atoms with E-state index < -0.39 is 5.97 Å². The minimum Gasteiger partial charge on any atom is -0.481 e. The number of thioether (sulfide) groups is 1. The highest BCUT2D eigenvalue weighted by molar-refractivity contribution is 7.99. The summed E-state index contributed by atoms with van der Waals surface area (Å²) in [5.74, 6) is 1.70. The first-order valence-electron chi connectivity index (χ1n) is 7.33. The third kappa shape index (κ3) is 4.10. The Hall–Kier alpha value is -0.260. The summed E-state index contributed by atoms with van der Waals surface area (Å²) in [5.41, 5.74) is 0.0881. The number of carboxylic acid groups (broad SMARTS) is 1. The van der Waals surface area contributed by atoms with E-state index in [0.29, 0.717) is 12.6 Å². The maximum atomic E-state index is 10.7. The van der Waals surface area contributed by atoms with Crippen LogP contribution in [0.3, 0.4) is 0 Å². The Morgan fingerprint density at radius 1 is 1.47 bits per heavy atom. The topological polar surface area (TPSA) is 49.8 Å². The molecular weight excluding hydrogens is 262 g/mol. The zero-order valence-corrected chi connectivity index (χ0v) is 12.6. The molecule has 1 unspecified atom stereocenters. The van der Waals surface area contributed by atoms with Crippen LogP contribution in [0.1, 0.15) is 39.0 Å². The fourth-order valence-corrected chi connectivity index (χ4v) is 4.48. The highest BCUT2D eigenvalue weighted by atomic mass is 32.2. The summed E-state index contributed by atoms with van der Waals surface area (Å²) in [6.45, 7) is 4.56. The van der Waals surface area contributed by atoms with E-state index in [-0.39, 0.29) is 12.0 Å². The summed E-state index contributed by atoms with van der Waals surface area (Å²) < 4.78 is 6.10. The van der Waals surface area contributed by atoms with Crippen LogP contribution in [0.4, 0.5) is 0 Å². The van der Waals surface area contributed by atoms with Crippen molar-refractivity contribution >= 4 is 17.7 Å². The first-order chi connectivity index (χ1) is 9.15. The second-order valence-electron chi connectivity index (χ2n) is 5.56. The van der Waals surface area contributed by atoms with Crippen molar-refractivity contribution in [2.75, 3.05) is 31.2 Å². The molecule has 1 atom stereocenters. The highest BCUT2D eigenvalue weighted by Crippen LogP contribution is 2.38. The van der Waals surface area contributed by atoms with Gasteiger partial charge in [0.05, 0.1) is 12.0 Å². The second-order valence-corrected chi connectivity index (χ2v) is 6.79. The van der Waals surface area contributed by atoms with Crippen LogP contribution < -0.4 is 0 Å². The molecule has 5 heteroatoms. The van der Waals surface area contributed by atoms with Gasteiger partial charge in [0.1, 0.15) is 0 Å². The van der Waals surface area contributed by atoms with Crippen molar-refractivity contribution in [2.45, 2.75) is 50.7 Å². The van der Waals surface area contributed by atoms with E-state index in [4.69, 9.17) is 9.84 Å². The van der Waals surface area contributed by atoms with E-state index in [0.717, 1.165) is 38.8 Å². The molecule has 0 radical (unpaired) electrons. The molecular formula is C14H25NO3S. The molecule has 0 bridgehead atoms. The van der Waals surface area contributed by atoms with Gasteiger partial charge in [0.25, 0.3) is 0 Å². The quantitative estimate of drug-likeness (QED) is 0.840. The van der Waals surface area contributed by atoms with E-state index in [2.05, 4.69) is 11.8 Å². The highest BCUT2D eigenvalue weighted by Gasteiger charge is 2.40. The summed E-state index contributed by atoms with van der Waals surface area (Å²) in [6.07, 6.45) is 4.69. The van der Waals surface area contributed by atoms with Crippen LogP contribution in [0.15, 0.2) is 0 Å². The molecule has 4 nitrogen and oxygen atoms in total. The number of nitrogens with zero attached hydrogens (tertiary/aromatic N) is 1. The zero-order valence-electron chi connectivity index (χ0n) is 11.8. The minimum atomic E-state index is -0.700. The first kappa shape index (κ1) is 15.1. The second kappa shape index (κ2) is 6.95. The van der Waals surface area contributed by atoms with Gasteiger partial charge >= 0.3 is 5.97 Å². The van der Waals surface area contributed by atoms with Crippen molar-refractivity contribution in [3.8, 4) is 0 Å². The van der Waals surface area contributed by atoms with Gasteiger partial charge in [0, 0.05) is 19.2 Å². The lowest BCUT2D eigenvalue weighted by Crippen LogP contribution is -2.50.